The second kappa shape index (κ2) is 2.37. The minimum absolute atomic E-state index is 0.0370. The van der Waals surface area contributed by atoms with Crippen molar-refractivity contribution >= 4 is 5.91 Å². The highest BCUT2D eigenvalue weighted by molar-refractivity contribution is 5.89. The maximum Gasteiger partial charge on any atom is 0.228 e. The standard InChI is InChI=1S/C10H13NO2/c1-6-4-5-13-7(6)8-10(2,3)9(12)11-8/h4-5,8H,1-3H3,(H,11,12). The van der Waals surface area contributed by atoms with Crippen molar-refractivity contribution < 1.29 is 9.21 Å². The first-order valence-electron chi connectivity index (χ1n) is 4.38. The fourth-order valence-corrected chi connectivity index (χ4v) is 1.62. The number of aryl methyl sites for hydroxylation is 1. The van der Waals surface area contributed by atoms with Crippen LogP contribution in [0.5, 0.6) is 0 Å². The van der Waals surface area contributed by atoms with Crippen LogP contribution >= 0.6 is 0 Å². The highest BCUT2D eigenvalue weighted by Gasteiger charge is 2.49. The summed E-state index contributed by atoms with van der Waals surface area (Å²) in [4.78, 5) is 11.2. The summed E-state index contributed by atoms with van der Waals surface area (Å²) in [6.07, 6.45) is 1.66. The van der Waals surface area contributed by atoms with Gasteiger partial charge in [-0.05, 0) is 32.4 Å². The zero-order valence-electron chi connectivity index (χ0n) is 8.05. The third-order valence-corrected chi connectivity index (χ3v) is 2.75. The molecule has 2 heterocycles. The van der Waals surface area contributed by atoms with Crippen molar-refractivity contribution in [3.8, 4) is 0 Å². The third-order valence-electron chi connectivity index (χ3n) is 2.75. The molecule has 1 unspecified atom stereocenters. The fraction of sp³-hybridized carbons (Fsp3) is 0.500. The summed E-state index contributed by atoms with van der Waals surface area (Å²) in [6, 6.07) is 1.95. The minimum atomic E-state index is -0.331. The van der Waals surface area contributed by atoms with Gasteiger partial charge in [0.15, 0.2) is 0 Å². The van der Waals surface area contributed by atoms with E-state index in [1.54, 1.807) is 6.26 Å². The fourth-order valence-electron chi connectivity index (χ4n) is 1.62. The van der Waals surface area contributed by atoms with Gasteiger partial charge < -0.3 is 9.73 Å². The van der Waals surface area contributed by atoms with Crippen LogP contribution in [0.2, 0.25) is 0 Å². The molecule has 70 valence electrons. The van der Waals surface area contributed by atoms with Crippen LogP contribution in [-0.2, 0) is 4.79 Å². The first-order chi connectivity index (χ1) is 6.03. The quantitative estimate of drug-likeness (QED) is 0.668. The predicted octanol–water partition coefficient (Wildman–Crippen LogP) is 1.79. The van der Waals surface area contributed by atoms with Gasteiger partial charge in [0.25, 0.3) is 0 Å². The summed E-state index contributed by atoms with van der Waals surface area (Å²) in [7, 11) is 0. The Balaban J connectivity index is 2.31. The van der Waals surface area contributed by atoms with Gasteiger partial charge in [-0.15, -0.1) is 0 Å². The molecule has 13 heavy (non-hydrogen) atoms. The summed E-state index contributed by atoms with van der Waals surface area (Å²) >= 11 is 0. The smallest absolute Gasteiger partial charge is 0.228 e. The molecular formula is C10H13NO2. The number of β-lactam (4-membered cyclic amide) rings is 1. The Morgan fingerprint density at radius 2 is 2.23 bits per heavy atom. The molecule has 3 heteroatoms. The van der Waals surface area contributed by atoms with Crippen molar-refractivity contribution in [2.45, 2.75) is 26.8 Å². The number of carbonyl (C=O) groups is 1. The normalized spacial score (nSPS) is 25.2. The lowest BCUT2D eigenvalue weighted by molar-refractivity contribution is -0.144. The summed E-state index contributed by atoms with van der Waals surface area (Å²) < 4.78 is 5.34. The molecule has 1 fully saturated rings. The number of hydrogen-bond acceptors (Lipinski definition) is 2. The second-order valence-electron chi connectivity index (χ2n) is 4.10. The Morgan fingerprint density at radius 1 is 1.54 bits per heavy atom. The van der Waals surface area contributed by atoms with Crippen LogP contribution in [0.3, 0.4) is 0 Å². The monoisotopic (exact) mass is 179 g/mol. The maximum absolute atomic E-state index is 11.2. The molecule has 1 N–H and O–H groups in total. The number of hydrogen-bond donors (Lipinski definition) is 1. The molecular weight excluding hydrogens is 166 g/mol. The molecule has 0 saturated carbocycles. The first-order valence-corrected chi connectivity index (χ1v) is 4.38. The summed E-state index contributed by atoms with van der Waals surface area (Å²) in [5.41, 5.74) is 0.765. The molecule has 0 radical (unpaired) electrons. The lowest BCUT2D eigenvalue weighted by atomic mass is 9.74. The summed E-state index contributed by atoms with van der Waals surface area (Å²) in [6.45, 7) is 5.84. The van der Waals surface area contributed by atoms with E-state index in [0.29, 0.717) is 0 Å². The highest BCUT2D eigenvalue weighted by atomic mass is 16.3. The van der Waals surface area contributed by atoms with Gasteiger partial charge in [-0.3, -0.25) is 4.79 Å². The van der Waals surface area contributed by atoms with Crippen LogP contribution < -0.4 is 5.32 Å². The SMILES string of the molecule is Cc1ccoc1C1NC(=O)C1(C)C. The Kier molecular flexibility index (Phi) is 1.53. The van der Waals surface area contributed by atoms with E-state index in [-0.39, 0.29) is 17.4 Å². The number of amides is 1. The number of furan rings is 1. The van der Waals surface area contributed by atoms with E-state index in [4.69, 9.17) is 4.42 Å². The summed E-state index contributed by atoms with van der Waals surface area (Å²) in [5, 5.41) is 2.84. The largest absolute Gasteiger partial charge is 0.467 e. The van der Waals surface area contributed by atoms with E-state index in [2.05, 4.69) is 5.32 Å². The zero-order chi connectivity index (χ0) is 9.64. The summed E-state index contributed by atoms with van der Waals surface area (Å²) in [5.74, 6) is 0.970. The van der Waals surface area contributed by atoms with Crippen molar-refractivity contribution in [2.24, 2.45) is 5.41 Å². The molecule has 1 aliphatic rings. The van der Waals surface area contributed by atoms with Gasteiger partial charge in [0.1, 0.15) is 11.8 Å². The first kappa shape index (κ1) is 8.35. The minimum Gasteiger partial charge on any atom is -0.467 e. The molecule has 0 spiro atoms. The highest BCUT2D eigenvalue weighted by Crippen LogP contribution is 2.42. The Bertz CT molecular complexity index is 352. The zero-order valence-corrected chi connectivity index (χ0v) is 8.05. The van der Waals surface area contributed by atoms with Crippen LogP contribution in [-0.4, -0.2) is 5.91 Å². The van der Waals surface area contributed by atoms with Gasteiger partial charge in [0.05, 0.1) is 11.7 Å². The van der Waals surface area contributed by atoms with E-state index in [1.165, 1.54) is 0 Å². The molecule has 0 aromatic carbocycles. The van der Waals surface area contributed by atoms with E-state index >= 15 is 0 Å². The lowest BCUT2D eigenvalue weighted by Gasteiger charge is -2.42. The van der Waals surface area contributed by atoms with Crippen molar-refractivity contribution in [3.05, 3.63) is 23.7 Å². The van der Waals surface area contributed by atoms with E-state index in [0.717, 1.165) is 11.3 Å². The van der Waals surface area contributed by atoms with Crippen molar-refractivity contribution in [3.63, 3.8) is 0 Å². The Hall–Kier alpha value is -1.25. The Morgan fingerprint density at radius 3 is 2.62 bits per heavy atom. The molecule has 1 aromatic heterocycles. The Labute approximate surface area is 77.1 Å². The third kappa shape index (κ3) is 0.996. The van der Waals surface area contributed by atoms with Crippen molar-refractivity contribution in [2.75, 3.05) is 0 Å². The lowest BCUT2D eigenvalue weighted by Crippen LogP contribution is -2.57. The molecule has 1 atom stereocenters. The molecule has 1 amide bonds. The van der Waals surface area contributed by atoms with Gasteiger partial charge >= 0.3 is 0 Å². The molecule has 2 rings (SSSR count). The molecule has 3 nitrogen and oxygen atoms in total. The number of nitrogens with one attached hydrogen (secondary N) is 1. The van der Waals surface area contributed by atoms with Crippen molar-refractivity contribution in [1.82, 2.24) is 5.32 Å². The van der Waals surface area contributed by atoms with Crippen LogP contribution in [0.1, 0.15) is 31.2 Å². The average molecular weight is 179 g/mol. The maximum atomic E-state index is 11.2. The molecule has 1 saturated heterocycles. The van der Waals surface area contributed by atoms with Gasteiger partial charge in [0, 0.05) is 0 Å². The molecule has 1 aromatic rings. The van der Waals surface area contributed by atoms with E-state index in [1.807, 2.05) is 26.8 Å². The van der Waals surface area contributed by atoms with Crippen LogP contribution in [0.15, 0.2) is 16.7 Å². The van der Waals surface area contributed by atoms with E-state index in [9.17, 15) is 4.79 Å². The molecule has 0 aliphatic carbocycles. The molecule has 0 bridgehead atoms. The van der Waals surface area contributed by atoms with Crippen LogP contribution in [0, 0.1) is 12.3 Å². The van der Waals surface area contributed by atoms with Crippen molar-refractivity contribution in [1.29, 1.82) is 0 Å². The van der Waals surface area contributed by atoms with Crippen LogP contribution in [0.4, 0.5) is 0 Å². The average Bonchev–Trinajstić information content (AvgIpc) is 2.47. The predicted molar refractivity (Wildman–Crippen MR) is 48.1 cm³/mol. The topological polar surface area (TPSA) is 42.2 Å². The second-order valence-corrected chi connectivity index (χ2v) is 4.10. The number of carbonyl (C=O) groups excluding carboxylic acids is 1. The van der Waals surface area contributed by atoms with E-state index < -0.39 is 0 Å². The molecule has 1 aliphatic heterocycles. The van der Waals surface area contributed by atoms with Gasteiger partial charge in [-0.25, -0.2) is 0 Å². The van der Waals surface area contributed by atoms with Gasteiger partial charge in [-0.1, -0.05) is 0 Å². The van der Waals surface area contributed by atoms with Gasteiger partial charge in [-0.2, -0.15) is 0 Å². The van der Waals surface area contributed by atoms with Gasteiger partial charge in [0.2, 0.25) is 5.91 Å². The number of rotatable bonds is 1. The van der Waals surface area contributed by atoms with Crippen LogP contribution in [0.25, 0.3) is 0 Å².